The van der Waals surface area contributed by atoms with E-state index in [4.69, 9.17) is 5.11 Å². The molecule has 1 N–H and O–H groups in total. The Bertz CT molecular complexity index is 668. The molecule has 5 heteroatoms. The lowest BCUT2D eigenvalue weighted by Crippen LogP contribution is -2.33. The van der Waals surface area contributed by atoms with Crippen LogP contribution in [0.1, 0.15) is 23.4 Å². The van der Waals surface area contributed by atoms with Crippen LogP contribution in [0.2, 0.25) is 0 Å². The van der Waals surface area contributed by atoms with E-state index in [0.29, 0.717) is 6.42 Å². The highest BCUT2D eigenvalue weighted by atomic mass is 16.2. The fraction of sp³-hybridized carbons (Fsp3) is 0.375. The average molecular weight is 282 g/mol. The van der Waals surface area contributed by atoms with Gasteiger partial charge in [0.25, 0.3) is 0 Å². The molecule has 108 valence electrons. The first-order valence-corrected chi connectivity index (χ1v) is 7.13. The highest BCUT2D eigenvalue weighted by Gasteiger charge is 2.17. The van der Waals surface area contributed by atoms with E-state index in [0.717, 1.165) is 37.6 Å². The molecule has 0 saturated carbocycles. The predicted octanol–water partition coefficient (Wildman–Crippen LogP) is 1.03. The number of hydrogen-bond acceptors (Lipinski definition) is 4. The Labute approximate surface area is 124 Å². The highest BCUT2D eigenvalue weighted by Crippen LogP contribution is 2.14. The van der Waals surface area contributed by atoms with Gasteiger partial charge < -0.3 is 9.67 Å². The van der Waals surface area contributed by atoms with Gasteiger partial charge in [0.15, 0.2) is 0 Å². The quantitative estimate of drug-likeness (QED) is 0.854. The van der Waals surface area contributed by atoms with E-state index in [-0.39, 0.29) is 6.61 Å². The summed E-state index contributed by atoms with van der Waals surface area (Å²) in [6.07, 6.45) is 2.32. The van der Waals surface area contributed by atoms with E-state index in [9.17, 15) is 0 Å². The maximum absolute atomic E-state index is 8.76. The maximum atomic E-state index is 8.76. The van der Waals surface area contributed by atoms with E-state index in [2.05, 4.69) is 43.6 Å². The summed E-state index contributed by atoms with van der Waals surface area (Å²) < 4.78 is 2.10. The van der Waals surface area contributed by atoms with Gasteiger partial charge in [-0.2, -0.15) is 0 Å². The first-order chi connectivity index (χ1) is 10.3. The molecule has 0 radical (unpaired) electrons. The summed E-state index contributed by atoms with van der Waals surface area (Å²) in [7, 11) is 0. The summed E-state index contributed by atoms with van der Waals surface area (Å²) in [6, 6.07) is 8.27. The van der Waals surface area contributed by atoms with Crippen LogP contribution in [0.4, 0.5) is 0 Å². The lowest BCUT2D eigenvalue weighted by molar-refractivity contribution is 0.209. The Morgan fingerprint density at radius 3 is 3.14 bits per heavy atom. The van der Waals surface area contributed by atoms with Crippen molar-refractivity contribution in [2.75, 3.05) is 13.2 Å². The van der Waals surface area contributed by atoms with Crippen molar-refractivity contribution in [2.24, 2.45) is 0 Å². The third-order valence-electron chi connectivity index (χ3n) is 3.52. The summed E-state index contributed by atoms with van der Waals surface area (Å²) in [5.41, 5.74) is 2.25. The minimum Gasteiger partial charge on any atom is -0.395 e. The largest absolute Gasteiger partial charge is 0.395 e. The Kier molecular flexibility index (Phi) is 4.29. The topological polar surface area (TPSA) is 54.2 Å². The van der Waals surface area contributed by atoms with Gasteiger partial charge in [0.2, 0.25) is 0 Å². The molecule has 2 aromatic rings. The number of aliphatic hydroxyl groups excluding tert-OH is 1. The molecule has 0 aliphatic carbocycles. The van der Waals surface area contributed by atoms with E-state index < -0.39 is 0 Å². The molecular weight excluding hydrogens is 264 g/mol. The first kappa shape index (κ1) is 13.8. The normalized spacial score (nSPS) is 14.3. The molecule has 1 aliphatic rings. The van der Waals surface area contributed by atoms with Crippen molar-refractivity contribution in [1.82, 2.24) is 19.7 Å². The van der Waals surface area contributed by atoms with Gasteiger partial charge in [-0.1, -0.05) is 24.0 Å². The number of nitrogens with zero attached hydrogens (tertiary/aromatic N) is 4. The van der Waals surface area contributed by atoms with Gasteiger partial charge in [-0.3, -0.25) is 4.90 Å². The Morgan fingerprint density at radius 2 is 2.24 bits per heavy atom. The van der Waals surface area contributed by atoms with Crippen LogP contribution in [0, 0.1) is 11.8 Å². The molecule has 0 amide bonds. The fourth-order valence-electron chi connectivity index (χ4n) is 2.48. The smallest absolute Gasteiger partial charge is 0.147 e. The van der Waals surface area contributed by atoms with Crippen molar-refractivity contribution in [2.45, 2.75) is 26.1 Å². The van der Waals surface area contributed by atoms with Gasteiger partial charge in [0, 0.05) is 31.6 Å². The zero-order valence-corrected chi connectivity index (χ0v) is 11.9. The predicted molar refractivity (Wildman–Crippen MR) is 79.2 cm³/mol. The molecule has 0 bridgehead atoms. The Hall–Kier alpha value is -2.16. The lowest BCUT2D eigenvalue weighted by Gasteiger charge is -2.26. The van der Waals surface area contributed by atoms with Gasteiger partial charge in [-0.15, -0.1) is 10.2 Å². The average Bonchev–Trinajstić information content (AvgIpc) is 2.95. The summed E-state index contributed by atoms with van der Waals surface area (Å²) >= 11 is 0. The van der Waals surface area contributed by atoms with Crippen LogP contribution >= 0.6 is 0 Å². The number of aromatic nitrogens is 3. The SMILES string of the molecule is OCCC#Cc1cccc(CN2CCn3cnnc3C2)c1. The van der Waals surface area contributed by atoms with Crippen molar-refractivity contribution >= 4 is 0 Å². The summed E-state index contributed by atoms with van der Waals surface area (Å²) in [5, 5.41) is 16.8. The monoisotopic (exact) mass is 282 g/mol. The zero-order valence-electron chi connectivity index (χ0n) is 11.9. The van der Waals surface area contributed by atoms with E-state index in [1.54, 1.807) is 6.33 Å². The van der Waals surface area contributed by atoms with Gasteiger partial charge in [-0.05, 0) is 17.7 Å². The third kappa shape index (κ3) is 3.48. The number of hydrogen-bond donors (Lipinski definition) is 1. The molecule has 1 aromatic heterocycles. The van der Waals surface area contributed by atoms with Crippen molar-refractivity contribution < 1.29 is 5.11 Å². The zero-order chi connectivity index (χ0) is 14.5. The summed E-state index contributed by atoms with van der Waals surface area (Å²) in [4.78, 5) is 2.37. The molecule has 0 fully saturated rings. The van der Waals surface area contributed by atoms with Crippen LogP contribution in [-0.2, 0) is 19.6 Å². The standard InChI is InChI=1S/C16H18N4O/c21-9-2-1-4-14-5-3-6-15(10-14)11-19-7-8-20-13-17-18-16(20)12-19/h3,5-6,10,13,21H,2,7-9,11-12H2. The number of aliphatic hydroxyl groups is 1. The molecule has 0 atom stereocenters. The molecule has 3 rings (SSSR count). The second-order valence-corrected chi connectivity index (χ2v) is 5.13. The Balaban J connectivity index is 1.66. The molecule has 0 unspecified atom stereocenters. The molecule has 2 heterocycles. The Morgan fingerprint density at radius 1 is 1.29 bits per heavy atom. The molecule has 5 nitrogen and oxygen atoms in total. The van der Waals surface area contributed by atoms with Crippen LogP contribution in [0.25, 0.3) is 0 Å². The first-order valence-electron chi connectivity index (χ1n) is 7.13. The van der Waals surface area contributed by atoms with Crippen LogP contribution < -0.4 is 0 Å². The molecule has 1 aromatic carbocycles. The molecule has 21 heavy (non-hydrogen) atoms. The van der Waals surface area contributed by atoms with Crippen LogP contribution in [0.3, 0.4) is 0 Å². The minimum absolute atomic E-state index is 0.112. The van der Waals surface area contributed by atoms with Gasteiger partial charge >= 0.3 is 0 Å². The molecule has 0 spiro atoms. The number of benzene rings is 1. The van der Waals surface area contributed by atoms with E-state index in [1.165, 1.54) is 5.56 Å². The van der Waals surface area contributed by atoms with Crippen LogP contribution in [0.5, 0.6) is 0 Å². The van der Waals surface area contributed by atoms with Gasteiger partial charge in [0.05, 0.1) is 13.2 Å². The van der Waals surface area contributed by atoms with Crippen molar-refractivity contribution in [3.05, 3.63) is 47.5 Å². The summed E-state index contributed by atoms with van der Waals surface area (Å²) in [5.74, 6) is 7.06. The molecule has 1 aliphatic heterocycles. The maximum Gasteiger partial charge on any atom is 0.147 e. The number of fused-ring (bicyclic) bond motifs is 1. The van der Waals surface area contributed by atoms with E-state index >= 15 is 0 Å². The lowest BCUT2D eigenvalue weighted by atomic mass is 10.1. The van der Waals surface area contributed by atoms with Gasteiger partial charge in [-0.25, -0.2) is 0 Å². The second-order valence-electron chi connectivity index (χ2n) is 5.13. The van der Waals surface area contributed by atoms with Crippen molar-refractivity contribution in [1.29, 1.82) is 0 Å². The second kappa shape index (κ2) is 6.53. The highest BCUT2D eigenvalue weighted by molar-refractivity contribution is 5.37. The third-order valence-corrected chi connectivity index (χ3v) is 3.52. The number of rotatable bonds is 3. The fourth-order valence-corrected chi connectivity index (χ4v) is 2.48. The van der Waals surface area contributed by atoms with Gasteiger partial charge in [0.1, 0.15) is 12.2 Å². The van der Waals surface area contributed by atoms with Crippen molar-refractivity contribution in [3.8, 4) is 11.8 Å². The van der Waals surface area contributed by atoms with Crippen LogP contribution in [0.15, 0.2) is 30.6 Å². The minimum atomic E-state index is 0.112. The van der Waals surface area contributed by atoms with Crippen molar-refractivity contribution in [3.63, 3.8) is 0 Å². The molecule has 0 saturated heterocycles. The van der Waals surface area contributed by atoms with Crippen LogP contribution in [-0.4, -0.2) is 37.9 Å². The van der Waals surface area contributed by atoms with E-state index in [1.807, 2.05) is 12.1 Å². The molecular formula is C16H18N4O. The summed E-state index contributed by atoms with van der Waals surface area (Å²) in [6.45, 7) is 3.79.